The Bertz CT molecular complexity index is 338. The molecule has 1 amide bonds. The van der Waals surface area contributed by atoms with E-state index in [1.54, 1.807) is 30.3 Å². The third-order valence-corrected chi connectivity index (χ3v) is 3.80. The summed E-state index contributed by atoms with van der Waals surface area (Å²) in [5.74, 6) is -0.0555. The number of aromatic nitrogens is 1. The van der Waals surface area contributed by atoms with Gasteiger partial charge in [0.2, 0.25) is 0 Å². The predicted molar refractivity (Wildman–Crippen MR) is 64.2 cm³/mol. The summed E-state index contributed by atoms with van der Waals surface area (Å²) in [6.45, 7) is 4.01. The highest BCUT2D eigenvalue weighted by atomic mass is 79.9. The van der Waals surface area contributed by atoms with E-state index >= 15 is 0 Å². The van der Waals surface area contributed by atoms with Crippen LogP contribution in [0.3, 0.4) is 0 Å². The number of alkyl halides is 1. The van der Waals surface area contributed by atoms with Crippen molar-refractivity contribution in [3.05, 3.63) is 30.1 Å². The normalized spacial score (nSPS) is 11.2. The van der Waals surface area contributed by atoms with Crippen molar-refractivity contribution >= 4 is 21.8 Å². The SMILES string of the molecule is CN(C(=O)c1ccccn1)C(C)(C)CBr. The molecule has 0 aliphatic rings. The smallest absolute Gasteiger partial charge is 0.272 e. The van der Waals surface area contributed by atoms with Gasteiger partial charge in [-0.2, -0.15) is 0 Å². The molecule has 1 aromatic heterocycles. The molecule has 0 saturated carbocycles. The Morgan fingerprint density at radius 3 is 2.67 bits per heavy atom. The van der Waals surface area contributed by atoms with Gasteiger partial charge in [0, 0.05) is 24.1 Å². The topological polar surface area (TPSA) is 33.2 Å². The Morgan fingerprint density at radius 1 is 1.53 bits per heavy atom. The Labute approximate surface area is 98.6 Å². The van der Waals surface area contributed by atoms with Crippen molar-refractivity contribution in [2.45, 2.75) is 19.4 Å². The minimum atomic E-state index is -0.214. The van der Waals surface area contributed by atoms with Crippen LogP contribution in [0.1, 0.15) is 24.3 Å². The van der Waals surface area contributed by atoms with Gasteiger partial charge in [0.15, 0.2) is 0 Å². The van der Waals surface area contributed by atoms with Crippen LogP contribution in [0, 0.1) is 0 Å². The molecular formula is C11H15BrN2O. The van der Waals surface area contributed by atoms with E-state index in [4.69, 9.17) is 0 Å². The fraction of sp³-hybridized carbons (Fsp3) is 0.455. The number of carbonyl (C=O) groups is 1. The first-order chi connectivity index (χ1) is 6.99. The maximum atomic E-state index is 12.0. The van der Waals surface area contributed by atoms with Gasteiger partial charge in [-0.15, -0.1) is 0 Å². The van der Waals surface area contributed by atoms with Crippen LogP contribution in [0.25, 0.3) is 0 Å². The Morgan fingerprint density at radius 2 is 2.20 bits per heavy atom. The van der Waals surface area contributed by atoms with E-state index < -0.39 is 0 Å². The van der Waals surface area contributed by atoms with Gasteiger partial charge in [-0.3, -0.25) is 9.78 Å². The van der Waals surface area contributed by atoms with Crippen LogP contribution in [-0.2, 0) is 0 Å². The lowest BCUT2D eigenvalue weighted by atomic mass is 10.1. The van der Waals surface area contributed by atoms with Crippen LogP contribution in [0.15, 0.2) is 24.4 Å². The molecule has 1 rings (SSSR count). The van der Waals surface area contributed by atoms with E-state index in [-0.39, 0.29) is 11.4 Å². The summed E-state index contributed by atoms with van der Waals surface area (Å²) in [6.07, 6.45) is 1.63. The van der Waals surface area contributed by atoms with Gasteiger partial charge >= 0.3 is 0 Å². The molecule has 0 spiro atoms. The van der Waals surface area contributed by atoms with Crippen molar-refractivity contribution in [2.24, 2.45) is 0 Å². The molecule has 1 aromatic rings. The second kappa shape index (κ2) is 4.75. The zero-order valence-electron chi connectivity index (χ0n) is 9.20. The van der Waals surface area contributed by atoms with Crippen molar-refractivity contribution in [3.8, 4) is 0 Å². The predicted octanol–water partition coefficient (Wildman–Crippen LogP) is 2.33. The summed E-state index contributed by atoms with van der Waals surface area (Å²) in [7, 11) is 1.79. The highest BCUT2D eigenvalue weighted by Gasteiger charge is 2.27. The third kappa shape index (κ3) is 2.78. The standard InChI is InChI=1S/C11H15BrN2O/c1-11(2,8-12)14(3)10(15)9-6-4-5-7-13-9/h4-7H,8H2,1-3H3. The zero-order chi connectivity index (χ0) is 11.5. The minimum Gasteiger partial charge on any atom is -0.334 e. The van der Waals surface area contributed by atoms with Crippen molar-refractivity contribution in [2.75, 3.05) is 12.4 Å². The van der Waals surface area contributed by atoms with Crippen LogP contribution in [0.4, 0.5) is 0 Å². The molecule has 0 aliphatic heterocycles. The van der Waals surface area contributed by atoms with Gasteiger partial charge in [0.05, 0.1) is 0 Å². The van der Waals surface area contributed by atoms with Gasteiger partial charge in [-0.05, 0) is 26.0 Å². The van der Waals surface area contributed by atoms with Crippen molar-refractivity contribution < 1.29 is 4.79 Å². The van der Waals surface area contributed by atoms with Gasteiger partial charge in [-0.25, -0.2) is 0 Å². The van der Waals surface area contributed by atoms with Gasteiger partial charge < -0.3 is 4.90 Å². The van der Waals surface area contributed by atoms with Crippen LogP contribution in [-0.4, -0.2) is 33.7 Å². The Kier molecular flexibility index (Phi) is 3.85. The second-order valence-electron chi connectivity index (χ2n) is 4.03. The first-order valence-electron chi connectivity index (χ1n) is 4.74. The molecule has 15 heavy (non-hydrogen) atoms. The van der Waals surface area contributed by atoms with Gasteiger partial charge in [-0.1, -0.05) is 22.0 Å². The first-order valence-corrected chi connectivity index (χ1v) is 5.86. The molecule has 3 nitrogen and oxygen atoms in total. The van der Waals surface area contributed by atoms with Crippen molar-refractivity contribution in [3.63, 3.8) is 0 Å². The molecule has 82 valence electrons. The number of pyridine rings is 1. The molecule has 1 heterocycles. The molecule has 0 unspecified atom stereocenters. The average Bonchev–Trinajstić information content (AvgIpc) is 2.28. The van der Waals surface area contributed by atoms with Crippen LogP contribution in [0.5, 0.6) is 0 Å². The molecule has 0 atom stereocenters. The van der Waals surface area contributed by atoms with E-state index in [2.05, 4.69) is 20.9 Å². The number of carbonyl (C=O) groups excluding carboxylic acids is 1. The van der Waals surface area contributed by atoms with Crippen LogP contribution in [0.2, 0.25) is 0 Å². The fourth-order valence-corrected chi connectivity index (χ4v) is 1.40. The number of halogens is 1. The monoisotopic (exact) mass is 270 g/mol. The Hall–Kier alpha value is -0.900. The number of nitrogens with zero attached hydrogens (tertiary/aromatic N) is 2. The van der Waals surface area contributed by atoms with Crippen LogP contribution < -0.4 is 0 Å². The number of rotatable bonds is 3. The second-order valence-corrected chi connectivity index (χ2v) is 4.59. The van der Waals surface area contributed by atoms with Gasteiger partial charge in [0.1, 0.15) is 5.69 Å². The lowest BCUT2D eigenvalue weighted by Crippen LogP contribution is -2.46. The van der Waals surface area contributed by atoms with Crippen molar-refractivity contribution in [1.29, 1.82) is 0 Å². The largest absolute Gasteiger partial charge is 0.334 e. The molecule has 4 heteroatoms. The minimum absolute atomic E-state index is 0.0555. The number of hydrogen-bond donors (Lipinski definition) is 0. The van der Waals surface area contributed by atoms with E-state index in [0.29, 0.717) is 5.69 Å². The maximum absolute atomic E-state index is 12.0. The van der Waals surface area contributed by atoms with E-state index in [9.17, 15) is 4.79 Å². The summed E-state index contributed by atoms with van der Waals surface area (Å²) < 4.78 is 0. The lowest BCUT2D eigenvalue weighted by molar-refractivity contribution is 0.0657. The molecule has 0 aliphatic carbocycles. The van der Waals surface area contributed by atoms with Crippen molar-refractivity contribution in [1.82, 2.24) is 9.88 Å². The van der Waals surface area contributed by atoms with Crippen LogP contribution >= 0.6 is 15.9 Å². The molecule has 0 N–H and O–H groups in total. The van der Waals surface area contributed by atoms with E-state index in [1.807, 2.05) is 19.9 Å². The molecule has 0 saturated heterocycles. The highest BCUT2D eigenvalue weighted by Crippen LogP contribution is 2.17. The zero-order valence-corrected chi connectivity index (χ0v) is 10.8. The quantitative estimate of drug-likeness (QED) is 0.790. The molecular weight excluding hydrogens is 256 g/mol. The molecule has 0 bridgehead atoms. The summed E-state index contributed by atoms with van der Waals surface area (Å²) in [6, 6.07) is 5.34. The van der Waals surface area contributed by atoms with E-state index in [0.717, 1.165) is 5.33 Å². The van der Waals surface area contributed by atoms with Gasteiger partial charge in [0.25, 0.3) is 5.91 Å². The number of hydrogen-bond acceptors (Lipinski definition) is 2. The molecule has 0 aromatic carbocycles. The summed E-state index contributed by atoms with van der Waals surface area (Å²) in [5, 5.41) is 0.731. The van der Waals surface area contributed by atoms with E-state index in [1.165, 1.54) is 0 Å². The average molecular weight is 271 g/mol. The lowest BCUT2D eigenvalue weighted by Gasteiger charge is -2.33. The molecule has 0 fully saturated rings. The first kappa shape index (κ1) is 12.2. The third-order valence-electron chi connectivity index (χ3n) is 2.42. The Balaban J connectivity index is 2.87. The summed E-state index contributed by atoms with van der Waals surface area (Å²) in [5.41, 5.74) is 0.267. The highest BCUT2D eigenvalue weighted by molar-refractivity contribution is 9.09. The maximum Gasteiger partial charge on any atom is 0.272 e. The molecule has 0 radical (unpaired) electrons. The summed E-state index contributed by atoms with van der Waals surface area (Å²) in [4.78, 5) is 17.7. The fourth-order valence-electron chi connectivity index (χ4n) is 1.03. The number of amides is 1. The summed E-state index contributed by atoms with van der Waals surface area (Å²) >= 11 is 3.40.